The van der Waals surface area contributed by atoms with Gasteiger partial charge in [0.25, 0.3) is 0 Å². The lowest BCUT2D eigenvalue weighted by Crippen LogP contribution is -2.19. The molecule has 0 unspecified atom stereocenters. The summed E-state index contributed by atoms with van der Waals surface area (Å²) in [6.45, 7) is -1.47. The number of alkyl halides is 4. The van der Waals surface area contributed by atoms with Crippen LogP contribution < -0.4 is 9.46 Å². The van der Waals surface area contributed by atoms with Gasteiger partial charge in [0, 0.05) is 6.07 Å². The van der Waals surface area contributed by atoms with E-state index in [4.69, 9.17) is 11.6 Å². The van der Waals surface area contributed by atoms with Crippen molar-refractivity contribution >= 4 is 27.3 Å². The van der Waals surface area contributed by atoms with E-state index in [1.54, 1.807) is 0 Å². The maximum absolute atomic E-state index is 11.8. The van der Waals surface area contributed by atoms with Crippen molar-refractivity contribution in [3.63, 3.8) is 0 Å². The fourth-order valence-corrected chi connectivity index (χ4v) is 1.59. The number of anilines is 1. The number of rotatable bonds is 5. The Morgan fingerprint density at radius 3 is 2.50 bits per heavy atom. The molecular formula is C8H8ClF3N2O3S. The van der Waals surface area contributed by atoms with Crippen LogP contribution in [0.2, 0.25) is 0 Å². The van der Waals surface area contributed by atoms with Crippen LogP contribution in [-0.2, 0) is 10.0 Å². The molecule has 0 spiro atoms. The quantitative estimate of drug-likeness (QED) is 0.844. The second-order valence-electron chi connectivity index (χ2n) is 3.11. The lowest BCUT2D eigenvalue weighted by atomic mass is 10.4. The smallest absolute Gasteiger partial charge is 0.422 e. The van der Waals surface area contributed by atoms with Crippen molar-refractivity contribution in [3.05, 3.63) is 18.3 Å². The van der Waals surface area contributed by atoms with Gasteiger partial charge >= 0.3 is 6.18 Å². The zero-order chi connectivity index (χ0) is 13.8. The number of halogens is 4. The molecule has 0 amide bonds. The number of nitrogens with one attached hydrogen (secondary N) is 1. The molecule has 0 aliphatic rings. The summed E-state index contributed by atoms with van der Waals surface area (Å²) < 4.78 is 64.0. The van der Waals surface area contributed by atoms with Crippen molar-refractivity contribution in [1.82, 2.24) is 4.98 Å². The summed E-state index contributed by atoms with van der Waals surface area (Å²) in [5.74, 6) is -0.263. The topological polar surface area (TPSA) is 68.3 Å². The number of nitrogens with zero attached hydrogens (tertiary/aromatic N) is 1. The Balaban J connectivity index is 2.63. The SMILES string of the molecule is O=S(=O)(CCl)Nc1ccc(OCC(F)(F)F)nc1. The number of hydrogen-bond acceptors (Lipinski definition) is 4. The first-order valence-electron chi connectivity index (χ1n) is 4.44. The number of aromatic nitrogens is 1. The van der Waals surface area contributed by atoms with Gasteiger partial charge in [0.1, 0.15) is 5.21 Å². The fourth-order valence-electron chi connectivity index (χ4n) is 0.889. The van der Waals surface area contributed by atoms with Crippen LogP contribution in [-0.4, -0.2) is 31.4 Å². The summed E-state index contributed by atoms with van der Waals surface area (Å²) in [6, 6.07) is 2.32. The van der Waals surface area contributed by atoms with Gasteiger partial charge in [-0.25, -0.2) is 13.4 Å². The highest BCUT2D eigenvalue weighted by Crippen LogP contribution is 2.18. The minimum atomic E-state index is -4.46. The first-order chi connectivity index (χ1) is 8.22. The molecule has 0 aromatic carbocycles. The Labute approximate surface area is 106 Å². The molecule has 0 saturated heterocycles. The zero-order valence-electron chi connectivity index (χ0n) is 8.74. The summed E-state index contributed by atoms with van der Waals surface area (Å²) in [6.07, 6.45) is -3.43. The average molecular weight is 305 g/mol. The van der Waals surface area contributed by atoms with E-state index in [1.807, 2.05) is 0 Å². The van der Waals surface area contributed by atoms with E-state index in [-0.39, 0.29) is 11.6 Å². The molecule has 1 rings (SSSR count). The molecule has 1 heterocycles. The van der Waals surface area contributed by atoms with Crippen LogP contribution in [0.4, 0.5) is 18.9 Å². The molecule has 0 bridgehead atoms. The lowest BCUT2D eigenvalue weighted by molar-refractivity contribution is -0.154. The molecular weight excluding hydrogens is 297 g/mol. The van der Waals surface area contributed by atoms with Crippen LogP contribution in [0.15, 0.2) is 18.3 Å². The van der Waals surface area contributed by atoms with E-state index in [1.165, 1.54) is 6.07 Å². The molecule has 1 aromatic rings. The van der Waals surface area contributed by atoms with Crippen LogP contribution in [0, 0.1) is 0 Å². The second kappa shape index (κ2) is 5.61. The van der Waals surface area contributed by atoms with Crippen molar-refractivity contribution in [2.45, 2.75) is 6.18 Å². The van der Waals surface area contributed by atoms with Gasteiger partial charge < -0.3 is 4.74 Å². The zero-order valence-corrected chi connectivity index (χ0v) is 10.3. The Bertz CT molecular complexity index is 489. The Hall–Kier alpha value is -1.22. The third-order valence-electron chi connectivity index (χ3n) is 1.54. The minimum Gasteiger partial charge on any atom is -0.468 e. The van der Waals surface area contributed by atoms with E-state index in [9.17, 15) is 21.6 Å². The molecule has 0 saturated carbocycles. The van der Waals surface area contributed by atoms with Crippen molar-refractivity contribution < 1.29 is 26.3 Å². The summed E-state index contributed by atoms with van der Waals surface area (Å²) in [7, 11) is -3.67. The molecule has 0 aliphatic heterocycles. The van der Waals surface area contributed by atoms with Crippen LogP contribution in [0.25, 0.3) is 0 Å². The number of pyridine rings is 1. The van der Waals surface area contributed by atoms with Crippen molar-refractivity contribution in [1.29, 1.82) is 0 Å². The molecule has 0 radical (unpaired) electrons. The summed E-state index contributed by atoms with van der Waals surface area (Å²) >= 11 is 5.15. The predicted octanol–water partition coefficient (Wildman–Crippen LogP) is 1.96. The first-order valence-corrected chi connectivity index (χ1v) is 6.62. The summed E-state index contributed by atoms with van der Waals surface area (Å²) in [4.78, 5) is 3.51. The van der Waals surface area contributed by atoms with Gasteiger partial charge in [-0.2, -0.15) is 13.2 Å². The van der Waals surface area contributed by atoms with Crippen molar-refractivity contribution in [2.24, 2.45) is 0 Å². The minimum absolute atomic E-state index is 0.0787. The van der Waals surface area contributed by atoms with Gasteiger partial charge in [0.05, 0.1) is 11.9 Å². The Morgan fingerprint density at radius 2 is 2.06 bits per heavy atom. The monoisotopic (exact) mass is 304 g/mol. The van der Waals surface area contributed by atoms with E-state index >= 15 is 0 Å². The molecule has 5 nitrogen and oxygen atoms in total. The fraction of sp³-hybridized carbons (Fsp3) is 0.375. The van der Waals surface area contributed by atoms with Gasteiger partial charge in [0.15, 0.2) is 6.61 Å². The molecule has 18 heavy (non-hydrogen) atoms. The van der Waals surface area contributed by atoms with Gasteiger partial charge in [-0.15, -0.1) is 11.6 Å². The third-order valence-corrected chi connectivity index (χ3v) is 3.23. The van der Waals surface area contributed by atoms with Gasteiger partial charge in [-0.1, -0.05) is 0 Å². The van der Waals surface area contributed by atoms with Crippen LogP contribution in [0.5, 0.6) is 5.88 Å². The molecule has 1 N–H and O–H groups in total. The van der Waals surface area contributed by atoms with Crippen LogP contribution in [0.1, 0.15) is 0 Å². The van der Waals surface area contributed by atoms with Gasteiger partial charge in [-0.05, 0) is 6.07 Å². The molecule has 102 valence electrons. The highest BCUT2D eigenvalue weighted by molar-refractivity contribution is 7.93. The van der Waals surface area contributed by atoms with E-state index in [0.29, 0.717) is 0 Å². The molecule has 0 aliphatic carbocycles. The third kappa shape index (κ3) is 5.41. The van der Waals surface area contributed by atoms with E-state index in [0.717, 1.165) is 12.3 Å². The second-order valence-corrected chi connectivity index (χ2v) is 5.42. The number of ether oxygens (including phenoxy) is 1. The van der Waals surface area contributed by atoms with Crippen molar-refractivity contribution in [2.75, 3.05) is 16.5 Å². The Kier molecular flexibility index (Phi) is 4.63. The standard InChI is InChI=1S/C8H8ClF3N2O3S/c9-5-18(15,16)14-6-1-2-7(13-3-6)17-4-8(10,11)12/h1-3,14H,4-5H2. The van der Waals surface area contributed by atoms with Gasteiger partial charge in [0.2, 0.25) is 15.9 Å². The van der Waals surface area contributed by atoms with Gasteiger partial charge in [-0.3, -0.25) is 4.72 Å². The largest absolute Gasteiger partial charge is 0.468 e. The van der Waals surface area contributed by atoms with Crippen molar-refractivity contribution in [3.8, 4) is 5.88 Å². The van der Waals surface area contributed by atoms with Crippen LogP contribution in [0.3, 0.4) is 0 Å². The molecule has 0 fully saturated rings. The maximum atomic E-state index is 11.8. The number of sulfonamides is 1. The van der Waals surface area contributed by atoms with E-state index < -0.39 is 28.0 Å². The maximum Gasteiger partial charge on any atom is 0.422 e. The van der Waals surface area contributed by atoms with Crippen LogP contribution >= 0.6 is 11.6 Å². The molecule has 1 aromatic heterocycles. The summed E-state index contributed by atoms with van der Waals surface area (Å²) in [5.41, 5.74) is 0.0787. The molecule has 10 heteroatoms. The highest BCUT2D eigenvalue weighted by Gasteiger charge is 2.28. The summed E-state index contributed by atoms with van der Waals surface area (Å²) in [5, 5.41) is -0.640. The number of hydrogen-bond donors (Lipinski definition) is 1. The highest BCUT2D eigenvalue weighted by atomic mass is 35.5. The molecule has 0 atom stereocenters. The average Bonchev–Trinajstić information content (AvgIpc) is 2.27. The Morgan fingerprint density at radius 1 is 1.39 bits per heavy atom. The first kappa shape index (κ1) is 14.8. The van der Waals surface area contributed by atoms with E-state index in [2.05, 4.69) is 14.4 Å². The normalized spacial score (nSPS) is 12.2. The lowest BCUT2D eigenvalue weighted by Gasteiger charge is -2.09. The predicted molar refractivity (Wildman–Crippen MR) is 59.0 cm³/mol.